The number of likely N-dealkylation sites (N-methyl/N-ethyl adjacent to an activating group) is 1. The van der Waals surface area contributed by atoms with Crippen LogP contribution in [0.5, 0.6) is 0 Å². The zero-order valence-electron chi connectivity index (χ0n) is 15.6. The largest absolute Gasteiger partial charge is 0.361 e. The molecule has 1 atom stereocenters. The molecule has 1 amide bonds. The molecule has 0 aliphatic carbocycles. The molecule has 6 heteroatoms. The molecule has 1 aliphatic rings. The normalized spacial score (nSPS) is 15.3. The van der Waals surface area contributed by atoms with E-state index in [2.05, 4.69) is 42.2 Å². The summed E-state index contributed by atoms with van der Waals surface area (Å²) >= 11 is 3.55. The van der Waals surface area contributed by atoms with E-state index >= 15 is 0 Å². The summed E-state index contributed by atoms with van der Waals surface area (Å²) in [5.74, 6) is 1.23. The van der Waals surface area contributed by atoms with Gasteiger partial charge >= 0.3 is 0 Å². The first-order chi connectivity index (χ1) is 13.1. The number of anilines is 1. The standard InChI is InChI=1S/C21H23N3OS2/c1-15(21-22-16-8-3-5-10-18(16)27-21)23(2)20(25)14-24-12-7-13-26-19-11-6-4-9-17(19)24/h3-6,8-11,15H,7,12-14H2,1-2H3/t15-/m0/s1. The lowest BCUT2D eigenvalue weighted by Crippen LogP contribution is -2.40. The predicted octanol–water partition coefficient (Wildman–Crippen LogP) is 4.82. The summed E-state index contributed by atoms with van der Waals surface area (Å²) in [7, 11) is 1.89. The smallest absolute Gasteiger partial charge is 0.242 e. The maximum atomic E-state index is 13.0. The topological polar surface area (TPSA) is 36.4 Å². The van der Waals surface area contributed by atoms with Crippen molar-refractivity contribution < 1.29 is 4.79 Å². The minimum absolute atomic E-state index is 0.0357. The molecule has 0 unspecified atom stereocenters. The number of amides is 1. The number of hydrogen-bond donors (Lipinski definition) is 0. The van der Waals surface area contributed by atoms with Crippen LogP contribution in [-0.4, -0.2) is 41.7 Å². The van der Waals surface area contributed by atoms with Crippen LogP contribution in [0, 0.1) is 0 Å². The monoisotopic (exact) mass is 397 g/mol. The van der Waals surface area contributed by atoms with Gasteiger partial charge in [0, 0.05) is 18.5 Å². The van der Waals surface area contributed by atoms with Gasteiger partial charge in [0.25, 0.3) is 0 Å². The molecule has 0 spiro atoms. The van der Waals surface area contributed by atoms with Gasteiger partial charge in [-0.2, -0.15) is 0 Å². The van der Waals surface area contributed by atoms with Crippen LogP contribution in [0.25, 0.3) is 10.2 Å². The average molecular weight is 398 g/mol. The molecule has 2 aromatic carbocycles. The SMILES string of the molecule is C[C@@H](c1nc2ccccc2s1)N(C)C(=O)CN1CCCSc2ccccc21. The molecule has 4 nitrogen and oxygen atoms in total. The van der Waals surface area contributed by atoms with Gasteiger partial charge in [0.2, 0.25) is 5.91 Å². The third-order valence-electron chi connectivity index (χ3n) is 5.00. The Morgan fingerprint density at radius 3 is 2.85 bits per heavy atom. The number of benzene rings is 2. The van der Waals surface area contributed by atoms with Gasteiger partial charge in [0.1, 0.15) is 5.01 Å². The number of thiazole rings is 1. The summed E-state index contributed by atoms with van der Waals surface area (Å²) in [5.41, 5.74) is 2.18. The number of carbonyl (C=O) groups is 1. The minimum atomic E-state index is -0.0357. The van der Waals surface area contributed by atoms with Gasteiger partial charge in [0.05, 0.1) is 28.5 Å². The Bertz CT molecular complexity index is 922. The zero-order valence-corrected chi connectivity index (χ0v) is 17.2. The van der Waals surface area contributed by atoms with Crippen LogP contribution in [0.2, 0.25) is 0 Å². The summed E-state index contributed by atoms with van der Waals surface area (Å²) in [5, 5.41) is 0.985. The van der Waals surface area contributed by atoms with Crippen molar-refractivity contribution >= 4 is 44.9 Å². The minimum Gasteiger partial charge on any atom is -0.361 e. The van der Waals surface area contributed by atoms with Crippen LogP contribution in [0.4, 0.5) is 5.69 Å². The highest BCUT2D eigenvalue weighted by atomic mass is 32.2. The van der Waals surface area contributed by atoms with Crippen LogP contribution in [0.3, 0.4) is 0 Å². The lowest BCUT2D eigenvalue weighted by atomic mass is 10.2. The molecule has 2 heterocycles. The van der Waals surface area contributed by atoms with Crippen LogP contribution in [-0.2, 0) is 4.79 Å². The zero-order chi connectivity index (χ0) is 18.8. The second-order valence-corrected chi connectivity index (χ2v) is 8.99. The van der Waals surface area contributed by atoms with E-state index in [4.69, 9.17) is 4.98 Å². The van der Waals surface area contributed by atoms with E-state index in [-0.39, 0.29) is 11.9 Å². The predicted molar refractivity (Wildman–Crippen MR) is 115 cm³/mol. The van der Waals surface area contributed by atoms with E-state index in [0.717, 1.165) is 29.2 Å². The summed E-state index contributed by atoms with van der Waals surface area (Å²) in [6.45, 7) is 3.38. The highest BCUT2D eigenvalue weighted by Crippen LogP contribution is 2.34. The van der Waals surface area contributed by atoms with Crippen LogP contribution in [0.15, 0.2) is 53.4 Å². The van der Waals surface area contributed by atoms with Gasteiger partial charge in [0.15, 0.2) is 0 Å². The number of fused-ring (bicyclic) bond motifs is 2. The number of para-hydroxylation sites is 2. The lowest BCUT2D eigenvalue weighted by Gasteiger charge is -2.29. The van der Waals surface area contributed by atoms with E-state index in [1.165, 1.54) is 15.3 Å². The fourth-order valence-electron chi connectivity index (χ4n) is 3.29. The van der Waals surface area contributed by atoms with Gasteiger partial charge in [-0.3, -0.25) is 4.79 Å². The third kappa shape index (κ3) is 3.82. The maximum Gasteiger partial charge on any atom is 0.242 e. The molecule has 0 saturated carbocycles. The second-order valence-electron chi connectivity index (χ2n) is 6.79. The molecule has 0 radical (unpaired) electrons. The number of hydrogen-bond acceptors (Lipinski definition) is 5. The maximum absolute atomic E-state index is 13.0. The molecular weight excluding hydrogens is 374 g/mol. The fourth-order valence-corrected chi connectivity index (χ4v) is 5.36. The average Bonchev–Trinajstić information content (AvgIpc) is 3.03. The van der Waals surface area contributed by atoms with Crippen molar-refractivity contribution in [2.45, 2.75) is 24.3 Å². The van der Waals surface area contributed by atoms with Crippen molar-refractivity contribution in [2.24, 2.45) is 0 Å². The third-order valence-corrected chi connectivity index (χ3v) is 7.36. The van der Waals surface area contributed by atoms with Crippen molar-refractivity contribution in [1.82, 2.24) is 9.88 Å². The van der Waals surface area contributed by atoms with Crippen molar-refractivity contribution in [3.8, 4) is 0 Å². The Balaban J connectivity index is 1.50. The molecule has 0 fully saturated rings. The number of aromatic nitrogens is 1. The summed E-state index contributed by atoms with van der Waals surface area (Å²) in [6.07, 6.45) is 1.09. The first kappa shape index (κ1) is 18.3. The Labute approximate surface area is 168 Å². The summed E-state index contributed by atoms with van der Waals surface area (Å²) in [6, 6.07) is 16.5. The lowest BCUT2D eigenvalue weighted by molar-refractivity contribution is -0.130. The van der Waals surface area contributed by atoms with E-state index < -0.39 is 0 Å². The quantitative estimate of drug-likeness (QED) is 0.632. The molecule has 4 rings (SSSR count). The Kier molecular flexibility index (Phi) is 5.36. The Morgan fingerprint density at radius 1 is 1.22 bits per heavy atom. The van der Waals surface area contributed by atoms with Gasteiger partial charge in [-0.25, -0.2) is 4.98 Å². The number of nitrogens with zero attached hydrogens (tertiary/aromatic N) is 3. The van der Waals surface area contributed by atoms with Crippen molar-refractivity contribution in [1.29, 1.82) is 0 Å². The summed E-state index contributed by atoms with van der Waals surface area (Å²) < 4.78 is 1.17. The molecular formula is C21H23N3OS2. The van der Waals surface area contributed by atoms with Gasteiger partial charge in [-0.05, 0) is 43.4 Å². The van der Waals surface area contributed by atoms with Gasteiger partial charge in [-0.15, -0.1) is 23.1 Å². The first-order valence-electron chi connectivity index (χ1n) is 9.21. The number of rotatable bonds is 4. The van der Waals surface area contributed by atoms with Crippen molar-refractivity contribution in [3.63, 3.8) is 0 Å². The molecule has 0 N–H and O–H groups in total. The van der Waals surface area contributed by atoms with Gasteiger partial charge in [-0.1, -0.05) is 24.3 Å². The first-order valence-corrected chi connectivity index (χ1v) is 11.0. The van der Waals surface area contributed by atoms with E-state index in [9.17, 15) is 4.79 Å². The number of thioether (sulfide) groups is 1. The highest BCUT2D eigenvalue weighted by molar-refractivity contribution is 7.99. The van der Waals surface area contributed by atoms with E-state index in [0.29, 0.717) is 6.54 Å². The second kappa shape index (κ2) is 7.90. The van der Waals surface area contributed by atoms with Gasteiger partial charge < -0.3 is 9.80 Å². The molecule has 1 aromatic heterocycles. The molecule has 0 bridgehead atoms. The molecule has 0 saturated heterocycles. The highest BCUT2D eigenvalue weighted by Gasteiger charge is 2.24. The van der Waals surface area contributed by atoms with Crippen molar-refractivity contribution in [2.75, 3.05) is 30.8 Å². The summed E-state index contributed by atoms with van der Waals surface area (Å²) in [4.78, 5) is 23.1. The molecule has 27 heavy (non-hydrogen) atoms. The van der Waals surface area contributed by atoms with Crippen LogP contribution < -0.4 is 4.90 Å². The number of carbonyl (C=O) groups excluding carboxylic acids is 1. The Hall–Kier alpha value is -2.05. The fraction of sp³-hybridized carbons (Fsp3) is 0.333. The Morgan fingerprint density at radius 2 is 2.00 bits per heavy atom. The van der Waals surface area contributed by atoms with Crippen molar-refractivity contribution in [3.05, 3.63) is 53.5 Å². The molecule has 3 aromatic rings. The molecule has 1 aliphatic heterocycles. The van der Waals surface area contributed by atoms with E-state index in [1.54, 1.807) is 11.3 Å². The van der Waals surface area contributed by atoms with Crippen LogP contribution in [0.1, 0.15) is 24.4 Å². The molecule has 140 valence electrons. The van der Waals surface area contributed by atoms with Crippen LogP contribution >= 0.6 is 23.1 Å². The van der Waals surface area contributed by atoms with E-state index in [1.807, 2.05) is 41.9 Å².